The molecule has 1 aromatic carbocycles. The first-order chi connectivity index (χ1) is 9.63. The molecule has 2 rings (SSSR count). The highest BCUT2D eigenvalue weighted by Gasteiger charge is 2.24. The van der Waals surface area contributed by atoms with E-state index in [-0.39, 0.29) is 12.2 Å². The number of Topliss-reactive ketones (excluding diaryl/α,β-unsaturated/α-hetero) is 1. The quantitative estimate of drug-likeness (QED) is 0.638. The third-order valence-electron chi connectivity index (χ3n) is 2.82. The lowest BCUT2D eigenvalue weighted by atomic mass is 9.89. The molecule has 0 N–H and O–H groups in total. The van der Waals surface area contributed by atoms with E-state index in [1.165, 1.54) is 18.7 Å². The molecular formula is C15H10Cl2N2O. The van der Waals surface area contributed by atoms with Gasteiger partial charge in [-0.05, 0) is 17.7 Å². The molecule has 0 saturated carbocycles. The Morgan fingerprint density at radius 1 is 1.30 bits per heavy atom. The first kappa shape index (κ1) is 14.5. The van der Waals surface area contributed by atoms with Crippen molar-refractivity contribution in [1.29, 1.82) is 0 Å². The Labute approximate surface area is 127 Å². The fraction of sp³-hybridized carbons (Fsp3) is 0.133. The first-order valence-corrected chi connectivity index (χ1v) is 6.56. The topological polar surface area (TPSA) is 42.9 Å². The molecule has 1 unspecified atom stereocenters. The standard InChI is InChI=1S/C15H10Cl2N2O/c1-2-3-13(12-5-4-11(16)6-14(12)17)15(20)10-7-18-9-19-8-10/h1,4-9,13H,3H2. The first-order valence-electron chi connectivity index (χ1n) is 5.81. The van der Waals surface area contributed by atoms with Crippen molar-refractivity contribution in [3.05, 3.63) is 58.1 Å². The zero-order valence-corrected chi connectivity index (χ0v) is 11.9. The Hall–Kier alpha value is -1.89. The molecule has 0 fully saturated rings. The molecule has 0 bridgehead atoms. The smallest absolute Gasteiger partial charge is 0.174 e. The number of benzene rings is 1. The summed E-state index contributed by atoms with van der Waals surface area (Å²) >= 11 is 12.0. The molecule has 1 atom stereocenters. The van der Waals surface area contributed by atoms with Gasteiger partial charge in [0.15, 0.2) is 5.78 Å². The van der Waals surface area contributed by atoms with Gasteiger partial charge in [0.25, 0.3) is 0 Å². The van der Waals surface area contributed by atoms with Gasteiger partial charge in [-0.25, -0.2) is 9.97 Å². The largest absolute Gasteiger partial charge is 0.293 e. The molecule has 3 nitrogen and oxygen atoms in total. The van der Waals surface area contributed by atoms with Crippen LogP contribution in [0.5, 0.6) is 0 Å². The summed E-state index contributed by atoms with van der Waals surface area (Å²) in [7, 11) is 0. The van der Waals surface area contributed by atoms with Gasteiger partial charge in [0.05, 0.1) is 11.5 Å². The number of aromatic nitrogens is 2. The molecule has 5 heteroatoms. The van der Waals surface area contributed by atoms with Gasteiger partial charge < -0.3 is 0 Å². The fourth-order valence-electron chi connectivity index (χ4n) is 1.87. The van der Waals surface area contributed by atoms with Crippen LogP contribution in [0.2, 0.25) is 10.0 Å². The average Bonchev–Trinajstić information content (AvgIpc) is 2.46. The van der Waals surface area contributed by atoms with Crippen LogP contribution in [0.1, 0.15) is 28.3 Å². The highest BCUT2D eigenvalue weighted by molar-refractivity contribution is 6.35. The Balaban J connectivity index is 2.41. The number of halogens is 2. The molecule has 0 radical (unpaired) electrons. The van der Waals surface area contributed by atoms with E-state index < -0.39 is 5.92 Å². The Bertz CT molecular complexity index is 665. The summed E-state index contributed by atoms with van der Waals surface area (Å²) < 4.78 is 0. The normalized spacial score (nSPS) is 11.7. The Morgan fingerprint density at radius 2 is 2.00 bits per heavy atom. The van der Waals surface area contributed by atoms with E-state index in [1.807, 2.05) is 0 Å². The maximum atomic E-state index is 12.5. The van der Waals surface area contributed by atoms with Crippen LogP contribution in [0, 0.1) is 12.3 Å². The number of ketones is 1. The van der Waals surface area contributed by atoms with Gasteiger partial charge in [-0.3, -0.25) is 4.79 Å². The van der Waals surface area contributed by atoms with Crippen LogP contribution in [0.25, 0.3) is 0 Å². The second-order valence-corrected chi connectivity index (χ2v) is 4.96. The number of carbonyl (C=O) groups is 1. The highest BCUT2D eigenvalue weighted by Crippen LogP contribution is 2.31. The van der Waals surface area contributed by atoms with Crippen LogP contribution < -0.4 is 0 Å². The summed E-state index contributed by atoms with van der Waals surface area (Å²) in [5.41, 5.74) is 1.06. The summed E-state index contributed by atoms with van der Waals surface area (Å²) in [6.45, 7) is 0. The second-order valence-electron chi connectivity index (χ2n) is 4.12. The van der Waals surface area contributed by atoms with Crippen molar-refractivity contribution in [1.82, 2.24) is 9.97 Å². The van der Waals surface area contributed by atoms with Crippen LogP contribution in [0.15, 0.2) is 36.9 Å². The molecule has 0 spiro atoms. The minimum atomic E-state index is -0.532. The summed E-state index contributed by atoms with van der Waals surface area (Å²) in [6, 6.07) is 4.99. The van der Waals surface area contributed by atoms with Crippen LogP contribution in [-0.2, 0) is 0 Å². The van der Waals surface area contributed by atoms with Crippen molar-refractivity contribution in [3.63, 3.8) is 0 Å². The second kappa shape index (κ2) is 6.51. The van der Waals surface area contributed by atoms with Crippen molar-refractivity contribution in [2.75, 3.05) is 0 Å². The van der Waals surface area contributed by atoms with E-state index in [2.05, 4.69) is 15.9 Å². The number of terminal acetylenes is 1. The predicted molar refractivity (Wildman–Crippen MR) is 79.0 cm³/mol. The van der Waals surface area contributed by atoms with Crippen molar-refractivity contribution >= 4 is 29.0 Å². The zero-order valence-electron chi connectivity index (χ0n) is 10.4. The molecule has 0 aliphatic carbocycles. The lowest BCUT2D eigenvalue weighted by Crippen LogP contribution is -2.13. The molecular weight excluding hydrogens is 295 g/mol. The van der Waals surface area contributed by atoms with E-state index in [4.69, 9.17) is 29.6 Å². The van der Waals surface area contributed by atoms with Crippen molar-refractivity contribution in [3.8, 4) is 12.3 Å². The molecule has 20 heavy (non-hydrogen) atoms. The Morgan fingerprint density at radius 3 is 2.60 bits per heavy atom. The van der Waals surface area contributed by atoms with Crippen molar-refractivity contribution in [2.24, 2.45) is 0 Å². The van der Waals surface area contributed by atoms with Gasteiger partial charge in [-0.1, -0.05) is 29.3 Å². The Kier molecular flexibility index (Phi) is 4.73. The summed E-state index contributed by atoms with van der Waals surface area (Å²) in [4.78, 5) is 20.2. The minimum Gasteiger partial charge on any atom is -0.293 e. The van der Waals surface area contributed by atoms with E-state index in [0.717, 1.165) is 0 Å². The van der Waals surface area contributed by atoms with E-state index in [0.29, 0.717) is 21.2 Å². The van der Waals surface area contributed by atoms with Crippen LogP contribution >= 0.6 is 23.2 Å². The summed E-state index contributed by atoms with van der Waals surface area (Å²) in [6.07, 6.45) is 9.89. The monoisotopic (exact) mass is 304 g/mol. The van der Waals surface area contributed by atoms with Crippen molar-refractivity contribution in [2.45, 2.75) is 12.3 Å². The lowest BCUT2D eigenvalue weighted by Gasteiger charge is -2.15. The molecule has 100 valence electrons. The molecule has 1 aromatic heterocycles. The van der Waals surface area contributed by atoms with Gasteiger partial charge in [0.1, 0.15) is 6.33 Å². The average molecular weight is 305 g/mol. The SMILES string of the molecule is C#CCC(C(=O)c1cncnc1)c1ccc(Cl)cc1Cl. The number of nitrogens with zero attached hydrogens (tertiary/aromatic N) is 2. The van der Waals surface area contributed by atoms with Gasteiger partial charge in [-0.15, -0.1) is 12.3 Å². The zero-order chi connectivity index (χ0) is 14.5. The van der Waals surface area contributed by atoms with E-state index >= 15 is 0 Å². The van der Waals surface area contributed by atoms with Crippen LogP contribution in [0.4, 0.5) is 0 Å². The molecule has 0 aliphatic rings. The van der Waals surface area contributed by atoms with Crippen LogP contribution in [0.3, 0.4) is 0 Å². The van der Waals surface area contributed by atoms with Crippen molar-refractivity contribution < 1.29 is 4.79 Å². The third kappa shape index (κ3) is 3.16. The maximum Gasteiger partial charge on any atom is 0.174 e. The summed E-state index contributed by atoms with van der Waals surface area (Å²) in [5, 5.41) is 0.927. The van der Waals surface area contributed by atoms with E-state index in [1.54, 1.807) is 18.2 Å². The number of carbonyl (C=O) groups excluding carboxylic acids is 1. The van der Waals surface area contributed by atoms with Gasteiger partial charge in [0, 0.05) is 28.9 Å². The lowest BCUT2D eigenvalue weighted by molar-refractivity contribution is 0.0960. The number of rotatable bonds is 4. The molecule has 0 saturated heterocycles. The number of hydrogen-bond acceptors (Lipinski definition) is 3. The highest BCUT2D eigenvalue weighted by atomic mass is 35.5. The van der Waals surface area contributed by atoms with Gasteiger partial charge in [-0.2, -0.15) is 0 Å². The molecule has 2 aromatic rings. The molecule has 0 aliphatic heterocycles. The third-order valence-corrected chi connectivity index (χ3v) is 3.38. The van der Waals surface area contributed by atoms with E-state index in [9.17, 15) is 4.79 Å². The minimum absolute atomic E-state index is 0.159. The molecule has 1 heterocycles. The molecule has 0 amide bonds. The van der Waals surface area contributed by atoms with Gasteiger partial charge in [0.2, 0.25) is 0 Å². The predicted octanol–water partition coefficient (Wildman–Crippen LogP) is 3.77. The summed E-state index contributed by atoms with van der Waals surface area (Å²) in [5.74, 6) is 1.81. The maximum absolute atomic E-state index is 12.5. The van der Waals surface area contributed by atoms with Crippen LogP contribution in [-0.4, -0.2) is 15.8 Å². The fourth-order valence-corrected chi connectivity index (χ4v) is 2.41. The van der Waals surface area contributed by atoms with Gasteiger partial charge >= 0.3 is 0 Å². The number of hydrogen-bond donors (Lipinski definition) is 0.